The van der Waals surface area contributed by atoms with E-state index in [1.807, 2.05) is 0 Å². The molecule has 0 unspecified atom stereocenters. The first-order chi connectivity index (χ1) is 20.4. The van der Waals surface area contributed by atoms with Gasteiger partial charge in [0.05, 0.1) is 21.7 Å². The van der Waals surface area contributed by atoms with Crippen molar-refractivity contribution in [1.29, 1.82) is 0 Å². The fourth-order valence-electron chi connectivity index (χ4n) is 5.55. The van der Waals surface area contributed by atoms with Gasteiger partial charge in [-0.3, -0.25) is 38.4 Å². The molecule has 0 fully saturated rings. The third-order valence-electron chi connectivity index (χ3n) is 8.89. The highest BCUT2D eigenvalue weighted by Gasteiger charge is 2.42. The summed E-state index contributed by atoms with van der Waals surface area (Å²) >= 11 is 0. The summed E-state index contributed by atoms with van der Waals surface area (Å²) in [5, 5.41) is 0. The molecule has 0 bridgehead atoms. The van der Waals surface area contributed by atoms with Crippen LogP contribution in [0.1, 0.15) is 107 Å². The Morgan fingerprint density at radius 1 is 0.318 bits per heavy atom. The lowest BCUT2D eigenvalue weighted by Crippen LogP contribution is -2.38. The van der Waals surface area contributed by atoms with E-state index in [1.54, 1.807) is 27.7 Å². The number of hydrogen-bond donors (Lipinski definition) is 0. The van der Waals surface area contributed by atoms with Crippen LogP contribution in [0.15, 0.2) is 48.6 Å². The topological polar surface area (TPSA) is 137 Å². The fourth-order valence-corrected chi connectivity index (χ4v) is 5.55. The molecular weight excluding hydrogens is 560 g/mol. The third-order valence-corrected chi connectivity index (χ3v) is 8.89. The Morgan fingerprint density at radius 2 is 0.432 bits per heavy atom. The van der Waals surface area contributed by atoms with Crippen molar-refractivity contribution in [3.05, 3.63) is 48.6 Å². The molecule has 1 aliphatic rings. The normalized spacial score (nSPS) is 30.0. The molecule has 8 heteroatoms. The highest BCUT2D eigenvalue weighted by molar-refractivity contribution is 6.23. The van der Waals surface area contributed by atoms with Crippen LogP contribution in [-0.2, 0) is 38.4 Å². The summed E-state index contributed by atoms with van der Waals surface area (Å²) in [6, 6.07) is 0. The van der Waals surface area contributed by atoms with E-state index < -0.39 is 67.9 Å². The average Bonchev–Trinajstić information content (AvgIpc) is 2.98. The average molecular weight is 609 g/mol. The second kappa shape index (κ2) is 15.9. The molecule has 0 heterocycles. The maximum atomic E-state index is 13.4. The summed E-state index contributed by atoms with van der Waals surface area (Å²) < 4.78 is 0. The van der Waals surface area contributed by atoms with Crippen LogP contribution in [0.3, 0.4) is 0 Å². The van der Waals surface area contributed by atoms with Crippen LogP contribution in [0.25, 0.3) is 0 Å². The second-order valence-electron chi connectivity index (χ2n) is 12.6. The Labute approximate surface area is 261 Å². The summed E-state index contributed by atoms with van der Waals surface area (Å²) in [4.78, 5) is 107. The van der Waals surface area contributed by atoms with E-state index in [1.165, 1.54) is 27.7 Å². The van der Waals surface area contributed by atoms with Crippen molar-refractivity contribution in [2.45, 2.75) is 107 Å². The van der Waals surface area contributed by atoms with Crippen molar-refractivity contribution in [2.75, 3.05) is 0 Å². The Bertz CT molecular complexity index is 1030. The first-order valence-electron chi connectivity index (χ1n) is 15.5. The smallest absolute Gasteiger partial charge is 0.169 e. The molecule has 240 valence electrons. The van der Waals surface area contributed by atoms with Gasteiger partial charge in [-0.15, -0.1) is 0 Å². The third kappa shape index (κ3) is 8.27. The summed E-state index contributed by atoms with van der Waals surface area (Å²) in [5.41, 5.74) is -6.38. The van der Waals surface area contributed by atoms with Crippen LogP contribution in [0.4, 0.5) is 0 Å². The van der Waals surface area contributed by atoms with Gasteiger partial charge in [-0.2, -0.15) is 0 Å². The molecule has 1 rings (SSSR count). The first-order valence-corrected chi connectivity index (χ1v) is 15.5. The van der Waals surface area contributed by atoms with Crippen molar-refractivity contribution < 1.29 is 38.4 Å². The van der Waals surface area contributed by atoms with Crippen molar-refractivity contribution in [3.63, 3.8) is 0 Å². The number of carbonyl (C=O) groups is 8. The van der Waals surface area contributed by atoms with Gasteiger partial charge in [0.2, 0.25) is 0 Å². The van der Waals surface area contributed by atoms with Crippen LogP contribution in [0.2, 0.25) is 0 Å². The molecule has 0 amide bonds. The molecule has 0 aromatic heterocycles. The summed E-state index contributed by atoms with van der Waals surface area (Å²) in [6.07, 6.45) is 10.3. The molecule has 0 N–H and O–H groups in total. The molecule has 0 aliphatic heterocycles. The quantitative estimate of drug-likeness (QED) is 0.306. The van der Waals surface area contributed by atoms with Crippen molar-refractivity contribution in [2.24, 2.45) is 21.7 Å². The van der Waals surface area contributed by atoms with Crippen LogP contribution in [0.5, 0.6) is 0 Å². The maximum Gasteiger partial charge on any atom is 0.169 e. The van der Waals surface area contributed by atoms with Crippen molar-refractivity contribution in [3.8, 4) is 0 Å². The maximum absolute atomic E-state index is 13.4. The molecular formula is C36H48O8. The van der Waals surface area contributed by atoms with Gasteiger partial charge < -0.3 is 0 Å². The predicted molar refractivity (Wildman–Crippen MR) is 169 cm³/mol. The number of rotatable bonds is 8. The number of allylic oxidation sites excluding steroid dienone is 8. The monoisotopic (exact) mass is 608 g/mol. The molecule has 0 radical (unpaired) electrons. The van der Waals surface area contributed by atoms with Gasteiger partial charge in [0, 0.05) is 0 Å². The standard InChI is InChI=1S/C36H48O8/c1-9-21-33(5)25(37)13-15-27(39)34(6,22-10-2)29(41)17-19-31(43)36(8,24-12-4)32(44)20-18-30(42)35(7,23-11-3)28(40)16-14-26(33)38/h13-20H,9-12,21-24H2,1-8H3. The minimum atomic E-state index is -1.60. The highest BCUT2D eigenvalue weighted by Crippen LogP contribution is 2.33. The van der Waals surface area contributed by atoms with Gasteiger partial charge >= 0.3 is 0 Å². The van der Waals surface area contributed by atoms with Gasteiger partial charge in [0.1, 0.15) is 0 Å². The van der Waals surface area contributed by atoms with E-state index in [4.69, 9.17) is 0 Å². The Hall–Kier alpha value is -3.68. The highest BCUT2D eigenvalue weighted by atomic mass is 16.2. The summed E-state index contributed by atoms with van der Waals surface area (Å²) in [5.74, 6) is -5.29. The zero-order chi connectivity index (χ0) is 33.9. The summed E-state index contributed by atoms with van der Waals surface area (Å²) in [6.45, 7) is 12.9. The van der Waals surface area contributed by atoms with Gasteiger partial charge in [0.15, 0.2) is 46.3 Å². The van der Waals surface area contributed by atoms with Gasteiger partial charge in [-0.1, -0.05) is 53.4 Å². The van der Waals surface area contributed by atoms with Crippen LogP contribution in [-0.4, -0.2) is 46.3 Å². The van der Waals surface area contributed by atoms with E-state index in [0.29, 0.717) is 25.7 Å². The van der Waals surface area contributed by atoms with E-state index in [-0.39, 0.29) is 25.7 Å². The van der Waals surface area contributed by atoms with E-state index in [0.717, 1.165) is 48.6 Å². The number of ketones is 8. The van der Waals surface area contributed by atoms with Crippen LogP contribution in [0, 0.1) is 21.7 Å². The van der Waals surface area contributed by atoms with Crippen LogP contribution < -0.4 is 0 Å². The molecule has 0 saturated heterocycles. The Balaban J connectivity index is 3.93. The lowest BCUT2D eigenvalue weighted by atomic mass is 9.73. The zero-order valence-electron chi connectivity index (χ0n) is 27.5. The van der Waals surface area contributed by atoms with Crippen molar-refractivity contribution in [1.82, 2.24) is 0 Å². The minimum absolute atomic E-state index is 0.129. The van der Waals surface area contributed by atoms with Gasteiger partial charge in [-0.05, 0) is 102 Å². The first kappa shape index (κ1) is 38.3. The largest absolute Gasteiger partial charge is 0.294 e. The SMILES string of the molecule is CCCC1(C)C(=O)C=CC(=O)C(C)(CCC)C(=O)C=CC(=O)C(C)(CCC)C(=O)C=CC(=O)C(C)(CCC)C(=O)C=CC1=O. The lowest BCUT2D eigenvalue weighted by Gasteiger charge is -2.26. The molecule has 44 heavy (non-hydrogen) atoms. The zero-order valence-corrected chi connectivity index (χ0v) is 27.5. The molecule has 1 aliphatic carbocycles. The molecule has 0 aromatic rings. The minimum Gasteiger partial charge on any atom is -0.294 e. The molecule has 8 nitrogen and oxygen atoms in total. The lowest BCUT2D eigenvalue weighted by molar-refractivity contribution is -0.137. The van der Waals surface area contributed by atoms with Gasteiger partial charge in [0.25, 0.3) is 0 Å². The Morgan fingerprint density at radius 3 is 0.523 bits per heavy atom. The van der Waals surface area contributed by atoms with Gasteiger partial charge in [-0.25, -0.2) is 0 Å². The summed E-state index contributed by atoms with van der Waals surface area (Å²) in [7, 11) is 0. The van der Waals surface area contributed by atoms with E-state index in [2.05, 4.69) is 0 Å². The Kier molecular flexibility index (Phi) is 13.8. The molecule has 0 spiro atoms. The molecule has 0 aromatic carbocycles. The fraction of sp³-hybridized carbons (Fsp3) is 0.556. The number of carbonyl (C=O) groups excluding carboxylic acids is 8. The molecule has 0 saturated carbocycles. The second-order valence-corrected chi connectivity index (χ2v) is 12.6. The van der Waals surface area contributed by atoms with E-state index >= 15 is 0 Å². The van der Waals surface area contributed by atoms with E-state index in [9.17, 15) is 38.4 Å². The van der Waals surface area contributed by atoms with Crippen molar-refractivity contribution >= 4 is 46.3 Å². The predicted octanol–water partition coefficient (Wildman–Crippen LogP) is 6.00. The van der Waals surface area contributed by atoms with Crippen LogP contribution >= 0.6 is 0 Å². The number of hydrogen-bond acceptors (Lipinski definition) is 8. The molecule has 0 atom stereocenters.